The van der Waals surface area contributed by atoms with Crippen molar-refractivity contribution in [2.24, 2.45) is 0 Å². The van der Waals surface area contributed by atoms with Crippen LogP contribution in [-0.4, -0.2) is 58.6 Å². The van der Waals surface area contributed by atoms with Gasteiger partial charge in [0.1, 0.15) is 5.75 Å². The average Bonchev–Trinajstić information content (AvgIpc) is 2.72. The normalized spacial score (nSPS) is 11.7. The molecule has 2 N–H and O–H groups in total. The fourth-order valence-electron chi connectivity index (χ4n) is 2.87. The first kappa shape index (κ1) is 22.2. The Morgan fingerprint density at radius 2 is 1.48 bits per heavy atom. The van der Waals surface area contributed by atoms with Gasteiger partial charge in [0, 0.05) is 32.9 Å². The molecular weight excluding hydrogens is 368 g/mol. The number of nitrogens with one attached hydrogen (secondary N) is 2. The quantitative estimate of drug-likeness (QED) is 0.664. The average molecular weight is 399 g/mol. The summed E-state index contributed by atoms with van der Waals surface area (Å²) in [6, 6.07) is 15.4. The van der Waals surface area contributed by atoms with E-state index in [1.807, 2.05) is 86.5 Å². The van der Waals surface area contributed by atoms with Gasteiger partial charge in [-0.25, -0.2) is 0 Å². The third-order valence-corrected chi connectivity index (χ3v) is 4.69. The van der Waals surface area contributed by atoms with E-state index in [0.29, 0.717) is 6.54 Å². The molecule has 0 spiro atoms. The SMILES string of the molecule is COc1ccc(CNC(=O)C(=O)NC[C@H](c2ccc(N(C)C)cc2)N(C)C)cc1. The van der Waals surface area contributed by atoms with Gasteiger partial charge in [-0.15, -0.1) is 0 Å². The minimum Gasteiger partial charge on any atom is -0.497 e. The number of carbonyl (C=O) groups is 2. The number of rotatable bonds is 8. The lowest BCUT2D eigenvalue weighted by Gasteiger charge is -2.25. The molecule has 0 saturated carbocycles. The summed E-state index contributed by atoms with van der Waals surface area (Å²) in [6.45, 7) is 0.614. The Labute approximate surface area is 172 Å². The highest BCUT2D eigenvalue weighted by Crippen LogP contribution is 2.21. The highest BCUT2D eigenvalue weighted by molar-refractivity contribution is 6.35. The van der Waals surface area contributed by atoms with Gasteiger partial charge >= 0.3 is 11.8 Å². The molecule has 0 heterocycles. The molecule has 0 aliphatic carbocycles. The Kier molecular flexibility index (Phi) is 8.03. The summed E-state index contributed by atoms with van der Waals surface area (Å²) in [6.07, 6.45) is 0. The van der Waals surface area contributed by atoms with E-state index in [2.05, 4.69) is 10.6 Å². The van der Waals surface area contributed by atoms with Crippen molar-refractivity contribution < 1.29 is 14.3 Å². The first-order chi connectivity index (χ1) is 13.8. The van der Waals surface area contributed by atoms with Crippen LogP contribution in [0.15, 0.2) is 48.5 Å². The first-order valence-electron chi connectivity index (χ1n) is 9.44. The van der Waals surface area contributed by atoms with E-state index in [0.717, 1.165) is 22.6 Å². The van der Waals surface area contributed by atoms with E-state index in [-0.39, 0.29) is 12.6 Å². The van der Waals surface area contributed by atoms with E-state index < -0.39 is 11.8 Å². The molecule has 2 aromatic rings. The molecular formula is C22H30N4O3. The van der Waals surface area contributed by atoms with Gasteiger partial charge in [-0.2, -0.15) is 0 Å². The van der Waals surface area contributed by atoms with Crippen LogP contribution in [-0.2, 0) is 16.1 Å². The van der Waals surface area contributed by atoms with E-state index >= 15 is 0 Å². The standard InChI is InChI=1S/C22H30N4O3/c1-25(2)18-10-8-17(9-11-18)20(26(3)4)15-24-22(28)21(27)23-14-16-6-12-19(29-5)13-7-16/h6-13,20H,14-15H2,1-5H3,(H,23,27)(H,24,28)/t20-/m1/s1. The first-order valence-corrected chi connectivity index (χ1v) is 9.44. The summed E-state index contributed by atoms with van der Waals surface area (Å²) in [5, 5.41) is 5.37. The summed E-state index contributed by atoms with van der Waals surface area (Å²) >= 11 is 0. The van der Waals surface area contributed by atoms with Crippen LogP contribution in [0.5, 0.6) is 5.75 Å². The lowest BCUT2D eigenvalue weighted by atomic mass is 10.1. The zero-order valence-electron chi connectivity index (χ0n) is 17.7. The van der Waals surface area contributed by atoms with Gasteiger partial charge in [-0.1, -0.05) is 24.3 Å². The van der Waals surface area contributed by atoms with Gasteiger partial charge in [-0.3, -0.25) is 9.59 Å². The summed E-state index contributed by atoms with van der Waals surface area (Å²) in [7, 11) is 9.46. The highest BCUT2D eigenvalue weighted by Gasteiger charge is 2.18. The van der Waals surface area contributed by atoms with E-state index in [1.165, 1.54) is 0 Å². The number of methoxy groups -OCH3 is 1. The van der Waals surface area contributed by atoms with Gasteiger partial charge < -0.3 is 25.2 Å². The van der Waals surface area contributed by atoms with Crippen molar-refractivity contribution in [3.8, 4) is 5.75 Å². The predicted molar refractivity (Wildman–Crippen MR) is 115 cm³/mol. The monoisotopic (exact) mass is 398 g/mol. The van der Waals surface area contributed by atoms with Crippen LogP contribution < -0.4 is 20.3 Å². The van der Waals surface area contributed by atoms with E-state index in [1.54, 1.807) is 7.11 Å². The molecule has 0 aliphatic heterocycles. The van der Waals surface area contributed by atoms with E-state index in [4.69, 9.17) is 4.74 Å². The van der Waals surface area contributed by atoms with Crippen LogP contribution in [0.2, 0.25) is 0 Å². The highest BCUT2D eigenvalue weighted by atomic mass is 16.5. The summed E-state index contributed by atoms with van der Waals surface area (Å²) in [4.78, 5) is 28.4. The van der Waals surface area contributed by atoms with Crippen molar-refractivity contribution in [1.82, 2.24) is 15.5 Å². The number of nitrogens with zero attached hydrogens (tertiary/aromatic N) is 2. The van der Waals surface area contributed by atoms with Crippen molar-refractivity contribution in [3.63, 3.8) is 0 Å². The van der Waals surface area contributed by atoms with Crippen LogP contribution in [0, 0.1) is 0 Å². The molecule has 0 aliphatic rings. The molecule has 1 atom stereocenters. The second-order valence-corrected chi connectivity index (χ2v) is 7.21. The topological polar surface area (TPSA) is 73.9 Å². The molecule has 7 heteroatoms. The third-order valence-electron chi connectivity index (χ3n) is 4.69. The summed E-state index contributed by atoms with van der Waals surface area (Å²) in [5.74, 6) is -0.553. The second kappa shape index (κ2) is 10.5. The van der Waals surface area contributed by atoms with Gasteiger partial charge in [0.25, 0.3) is 0 Å². The third kappa shape index (κ3) is 6.50. The fraction of sp³-hybridized carbons (Fsp3) is 0.364. The number of benzene rings is 2. The zero-order valence-corrected chi connectivity index (χ0v) is 17.7. The zero-order chi connectivity index (χ0) is 21.4. The number of likely N-dealkylation sites (N-methyl/N-ethyl adjacent to an activating group) is 1. The number of hydrogen-bond donors (Lipinski definition) is 2. The van der Waals surface area contributed by atoms with Gasteiger partial charge in [0.2, 0.25) is 0 Å². The molecule has 0 bridgehead atoms. The molecule has 156 valence electrons. The van der Waals surface area contributed by atoms with Crippen LogP contribution in [0.1, 0.15) is 17.2 Å². The maximum Gasteiger partial charge on any atom is 0.309 e. The minimum atomic E-state index is -0.652. The largest absolute Gasteiger partial charge is 0.497 e. The van der Waals surface area contributed by atoms with Crippen molar-refractivity contribution in [2.75, 3.05) is 46.7 Å². The smallest absolute Gasteiger partial charge is 0.309 e. The fourth-order valence-corrected chi connectivity index (χ4v) is 2.87. The molecule has 0 radical (unpaired) electrons. The molecule has 0 unspecified atom stereocenters. The molecule has 29 heavy (non-hydrogen) atoms. The van der Waals surface area contributed by atoms with Crippen molar-refractivity contribution in [1.29, 1.82) is 0 Å². The lowest BCUT2D eigenvalue weighted by molar-refractivity contribution is -0.139. The second-order valence-electron chi connectivity index (χ2n) is 7.21. The molecule has 2 aromatic carbocycles. The Balaban J connectivity index is 1.89. The van der Waals surface area contributed by atoms with Crippen LogP contribution in [0.25, 0.3) is 0 Å². The number of amides is 2. The Morgan fingerprint density at radius 1 is 0.897 bits per heavy atom. The van der Waals surface area contributed by atoms with Crippen molar-refractivity contribution in [2.45, 2.75) is 12.6 Å². The van der Waals surface area contributed by atoms with Gasteiger partial charge in [0.05, 0.1) is 13.2 Å². The number of carbonyl (C=O) groups excluding carboxylic acids is 2. The molecule has 2 amide bonds. The van der Waals surface area contributed by atoms with Crippen molar-refractivity contribution in [3.05, 3.63) is 59.7 Å². The maximum atomic E-state index is 12.2. The molecule has 2 rings (SSSR count). The molecule has 0 fully saturated rings. The van der Waals surface area contributed by atoms with E-state index in [9.17, 15) is 9.59 Å². The van der Waals surface area contributed by atoms with Crippen molar-refractivity contribution >= 4 is 17.5 Å². The number of anilines is 1. The minimum absolute atomic E-state index is 0.0375. The summed E-state index contributed by atoms with van der Waals surface area (Å²) < 4.78 is 5.10. The van der Waals surface area contributed by atoms with Crippen LogP contribution >= 0.6 is 0 Å². The molecule has 0 saturated heterocycles. The number of hydrogen-bond acceptors (Lipinski definition) is 5. The summed E-state index contributed by atoms with van der Waals surface area (Å²) in [5.41, 5.74) is 3.06. The maximum absolute atomic E-state index is 12.2. The number of ether oxygens (including phenoxy) is 1. The lowest BCUT2D eigenvalue weighted by Crippen LogP contribution is -2.42. The Hall–Kier alpha value is -3.06. The molecule has 7 nitrogen and oxygen atoms in total. The van der Waals surface area contributed by atoms with Gasteiger partial charge in [-0.05, 0) is 49.5 Å². The van der Waals surface area contributed by atoms with Crippen LogP contribution in [0.4, 0.5) is 5.69 Å². The Morgan fingerprint density at radius 3 is 2.00 bits per heavy atom. The molecule has 0 aromatic heterocycles. The van der Waals surface area contributed by atoms with Gasteiger partial charge in [0.15, 0.2) is 0 Å². The predicted octanol–water partition coefficient (Wildman–Crippen LogP) is 1.80. The Bertz CT molecular complexity index is 802. The van der Waals surface area contributed by atoms with Crippen LogP contribution in [0.3, 0.4) is 0 Å².